The molecule has 0 fully saturated rings. The molecule has 0 radical (unpaired) electrons. The zero-order chi connectivity index (χ0) is 22.7. The number of ether oxygens (including phenoxy) is 1. The predicted molar refractivity (Wildman–Crippen MR) is 128 cm³/mol. The van der Waals surface area contributed by atoms with Crippen LogP contribution in [0.5, 0.6) is 11.5 Å². The topological polar surface area (TPSA) is 78.9 Å². The summed E-state index contributed by atoms with van der Waals surface area (Å²) in [4.78, 5) is 25.2. The van der Waals surface area contributed by atoms with Gasteiger partial charge in [0.25, 0.3) is 10.9 Å². The highest BCUT2D eigenvalue weighted by Gasteiger charge is 2.21. The van der Waals surface area contributed by atoms with Gasteiger partial charge in [0.2, 0.25) is 0 Å². The van der Waals surface area contributed by atoms with Crippen LogP contribution in [0.3, 0.4) is 0 Å². The molecule has 4 rings (SSSR count). The summed E-state index contributed by atoms with van der Waals surface area (Å²) in [5.41, 5.74) is 2.09. The van der Waals surface area contributed by atoms with Gasteiger partial charge in [-0.1, -0.05) is 43.3 Å². The van der Waals surface area contributed by atoms with Crippen molar-refractivity contribution in [3.05, 3.63) is 105 Å². The van der Waals surface area contributed by atoms with E-state index in [0.29, 0.717) is 12.2 Å². The van der Waals surface area contributed by atoms with Gasteiger partial charge >= 0.3 is 0 Å². The number of nitrogens with zero attached hydrogens (tertiary/aromatic N) is 1. The van der Waals surface area contributed by atoms with Crippen LogP contribution >= 0.6 is 0 Å². The van der Waals surface area contributed by atoms with Gasteiger partial charge < -0.3 is 20.1 Å². The maximum absolute atomic E-state index is 11.7. The van der Waals surface area contributed by atoms with E-state index in [1.807, 2.05) is 60.7 Å². The molecule has 0 aliphatic carbocycles. The van der Waals surface area contributed by atoms with Crippen molar-refractivity contribution in [3.8, 4) is 11.5 Å². The third kappa shape index (κ3) is 4.21. The van der Waals surface area contributed by atoms with E-state index in [-0.39, 0.29) is 11.6 Å². The molecule has 0 heterocycles. The van der Waals surface area contributed by atoms with E-state index in [4.69, 9.17) is 4.74 Å². The number of methoxy groups -OCH3 is 1. The zero-order valence-corrected chi connectivity index (χ0v) is 17.9. The van der Waals surface area contributed by atoms with E-state index in [1.165, 1.54) is 5.56 Å². The van der Waals surface area contributed by atoms with Crippen LogP contribution < -0.4 is 25.8 Å². The second-order valence-electron chi connectivity index (χ2n) is 7.68. The number of benzene rings is 3. The Hall–Kier alpha value is -4.06. The van der Waals surface area contributed by atoms with Crippen molar-refractivity contribution < 1.29 is 9.84 Å². The molecule has 0 spiro atoms. The van der Waals surface area contributed by atoms with Crippen LogP contribution in [-0.2, 0) is 0 Å². The first-order chi connectivity index (χ1) is 15.5. The predicted octanol–water partition coefficient (Wildman–Crippen LogP) is 4.68. The average molecular weight is 428 g/mol. The number of anilines is 4. The summed E-state index contributed by atoms with van der Waals surface area (Å²) < 4.78 is 5.30. The van der Waals surface area contributed by atoms with Crippen LogP contribution in [0.2, 0.25) is 0 Å². The number of hydrogen-bond donors (Lipinski definition) is 2. The molecule has 0 bridgehead atoms. The molecule has 4 aromatic rings. The molecular formula is C26H24N2O4. The molecule has 6 nitrogen and oxygen atoms in total. The van der Waals surface area contributed by atoms with Gasteiger partial charge in [0.05, 0.1) is 7.11 Å². The lowest BCUT2D eigenvalue weighted by Gasteiger charge is -2.29. The molecule has 1 atom stereocenters. The Kier molecular flexibility index (Phi) is 5.94. The molecule has 4 aromatic carbocycles. The minimum atomic E-state index is -0.861. The van der Waals surface area contributed by atoms with Crippen LogP contribution in [0, 0.1) is 0 Å². The summed E-state index contributed by atoms with van der Waals surface area (Å²) in [7, 11) is 1.63. The van der Waals surface area contributed by atoms with Crippen molar-refractivity contribution in [2.45, 2.75) is 12.8 Å². The Morgan fingerprint density at radius 2 is 1.62 bits per heavy atom. The quantitative estimate of drug-likeness (QED) is 0.397. The standard InChI is InChI=1S/C26H24N2O4/c1-17(18-7-4-3-5-8-18)16-28(20-11-13-22(32-2)14-12-20)21-10-6-9-19(15-21)27-23-24(29)26(31)25(23)30/h3-15,17,27,29H,16H2,1-2H3/t17-/m1/s1. The first-order valence-corrected chi connectivity index (χ1v) is 10.3. The lowest BCUT2D eigenvalue weighted by Crippen LogP contribution is -2.32. The van der Waals surface area contributed by atoms with Gasteiger partial charge in [-0.25, -0.2) is 0 Å². The summed E-state index contributed by atoms with van der Waals surface area (Å²) in [6, 6.07) is 25.6. The number of rotatable bonds is 8. The van der Waals surface area contributed by atoms with Crippen molar-refractivity contribution in [1.82, 2.24) is 0 Å². The third-order valence-electron chi connectivity index (χ3n) is 5.52. The molecule has 32 heavy (non-hydrogen) atoms. The van der Waals surface area contributed by atoms with Gasteiger partial charge in [0.15, 0.2) is 5.75 Å². The number of aromatic hydroxyl groups is 1. The molecule has 0 amide bonds. The summed E-state index contributed by atoms with van der Waals surface area (Å²) >= 11 is 0. The van der Waals surface area contributed by atoms with Gasteiger partial charge in [-0.15, -0.1) is 0 Å². The highest BCUT2D eigenvalue weighted by Crippen LogP contribution is 2.33. The summed E-state index contributed by atoms with van der Waals surface area (Å²) in [5.74, 6) is 0.494. The number of nitrogens with one attached hydrogen (secondary N) is 1. The molecular weight excluding hydrogens is 404 g/mol. The van der Waals surface area contributed by atoms with E-state index in [2.05, 4.69) is 29.3 Å². The summed E-state index contributed by atoms with van der Waals surface area (Å²) in [6.45, 7) is 2.89. The molecule has 2 N–H and O–H groups in total. The lowest BCUT2D eigenvalue weighted by atomic mass is 10.00. The Morgan fingerprint density at radius 3 is 2.28 bits per heavy atom. The minimum absolute atomic E-state index is 0.0687. The van der Waals surface area contributed by atoms with E-state index in [0.717, 1.165) is 17.1 Å². The fraction of sp³-hybridized carbons (Fsp3) is 0.154. The summed E-state index contributed by atoms with van der Waals surface area (Å²) in [5, 5.41) is 12.6. The SMILES string of the molecule is COc1ccc(N(C[C@@H](C)c2ccccc2)c2cccc(Nc3c(O)c(=O)c3=O)c2)cc1. The van der Waals surface area contributed by atoms with Gasteiger partial charge in [-0.2, -0.15) is 0 Å². The van der Waals surface area contributed by atoms with E-state index < -0.39 is 16.6 Å². The fourth-order valence-corrected chi connectivity index (χ4v) is 3.67. The Bertz CT molecular complexity index is 1280. The maximum Gasteiger partial charge on any atom is 0.271 e. The molecule has 6 heteroatoms. The molecule has 162 valence electrons. The van der Waals surface area contributed by atoms with Gasteiger partial charge in [-0.05, 0) is 53.9 Å². The Morgan fingerprint density at radius 1 is 0.906 bits per heavy atom. The minimum Gasteiger partial charge on any atom is -0.502 e. The Labute approximate surface area is 186 Å². The third-order valence-corrected chi connectivity index (χ3v) is 5.52. The van der Waals surface area contributed by atoms with Crippen LogP contribution in [-0.4, -0.2) is 18.8 Å². The molecule has 0 saturated carbocycles. The van der Waals surface area contributed by atoms with Crippen LogP contribution in [0.4, 0.5) is 22.7 Å². The van der Waals surface area contributed by atoms with E-state index in [1.54, 1.807) is 13.2 Å². The normalized spacial score (nSPS) is 11.8. The highest BCUT2D eigenvalue weighted by atomic mass is 16.5. The van der Waals surface area contributed by atoms with Crippen molar-refractivity contribution >= 4 is 22.7 Å². The largest absolute Gasteiger partial charge is 0.502 e. The Balaban J connectivity index is 1.67. The summed E-state index contributed by atoms with van der Waals surface area (Å²) in [6.07, 6.45) is 0. The monoisotopic (exact) mass is 428 g/mol. The highest BCUT2D eigenvalue weighted by molar-refractivity contribution is 5.74. The van der Waals surface area contributed by atoms with Crippen molar-refractivity contribution in [2.75, 3.05) is 23.9 Å². The molecule has 0 aliphatic heterocycles. The molecule has 0 aromatic heterocycles. The molecule has 0 aliphatic rings. The van der Waals surface area contributed by atoms with Crippen molar-refractivity contribution in [1.29, 1.82) is 0 Å². The van der Waals surface area contributed by atoms with Crippen LogP contribution in [0.1, 0.15) is 18.4 Å². The fourth-order valence-electron chi connectivity index (χ4n) is 3.67. The van der Waals surface area contributed by atoms with Gasteiger partial charge in [0, 0.05) is 23.6 Å². The maximum atomic E-state index is 11.7. The number of hydrogen-bond acceptors (Lipinski definition) is 6. The van der Waals surface area contributed by atoms with E-state index in [9.17, 15) is 14.7 Å². The average Bonchev–Trinajstić information content (AvgIpc) is 2.85. The first-order valence-electron chi connectivity index (χ1n) is 10.3. The van der Waals surface area contributed by atoms with Crippen LogP contribution in [0.25, 0.3) is 0 Å². The van der Waals surface area contributed by atoms with Crippen molar-refractivity contribution in [2.24, 2.45) is 0 Å². The molecule has 0 unspecified atom stereocenters. The second kappa shape index (κ2) is 8.98. The van der Waals surface area contributed by atoms with Gasteiger partial charge in [-0.3, -0.25) is 9.59 Å². The second-order valence-corrected chi connectivity index (χ2v) is 7.68. The van der Waals surface area contributed by atoms with Gasteiger partial charge in [0.1, 0.15) is 11.4 Å². The first kappa shape index (κ1) is 21.2. The van der Waals surface area contributed by atoms with Crippen molar-refractivity contribution in [3.63, 3.8) is 0 Å². The zero-order valence-electron chi connectivity index (χ0n) is 17.9. The van der Waals surface area contributed by atoms with Crippen LogP contribution in [0.15, 0.2) is 88.5 Å². The molecule has 0 saturated heterocycles. The smallest absolute Gasteiger partial charge is 0.271 e. The lowest BCUT2D eigenvalue weighted by molar-refractivity contribution is 0.415. The van der Waals surface area contributed by atoms with E-state index >= 15 is 0 Å².